The Balaban J connectivity index is 2.13. The van der Waals surface area contributed by atoms with E-state index in [1.165, 1.54) is 0 Å². The van der Waals surface area contributed by atoms with Gasteiger partial charge in [-0.1, -0.05) is 45.0 Å². The van der Waals surface area contributed by atoms with Crippen LogP contribution in [0.2, 0.25) is 0 Å². The Labute approximate surface area is 154 Å². The number of aliphatic hydroxyl groups excluding tert-OH is 1. The smallest absolute Gasteiger partial charge is 0.249 e. The highest BCUT2D eigenvalue weighted by atomic mass is 16.3. The number of hydrogen-bond acceptors (Lipinski definition) is 4. The summed E-state index contributed by atoms with van der Waals surface area (Å²) in [5.74, 6) is -1.69. The molecule has 0 aliphatic carbocycles. The minimum Gasteiger partial charge on any atom is -0.385 e. The molecule has 0 saturated heterocycles. The van der Waals surface area contributed by atoms with E-state index in [0.717, 1.165) is 17.5 Å². The van der Waals surface area contributed by atoms with E-state index in [1.54, 1.807) is 32.7 Å². The molecule has 1 heterocycles. The molecule has 0 radical (unpaired) electrons. The van der Waals surface area contributed by atoms with E-state index in [-0.39, 0.29) is 29.9 Å². The Bertz CT molecular complexity index is 686. The van der Waals surface area contributed by atoms with Crippen LogP contribution in [-0.4, -0.2) is 47.3 Å². The van der Waals surface area contributed by atoms with E-state index in [4.69, 9.17) is 0 Å². The number of aliphatic hydroxyl groups is 1. The maximum Gasteiger partial charge on any atom is 0.249 e. The summed E-state index contributed by atoms with van der Waals surface area (Å²) in [6.45, 7) is 5.74. The monoisotopic (exact) mass is 360 g/mol. The first-order valence-electron chi connectivity index (χ1n) is 9.06. The zero-order valence-corrected chi connectivity index (χ0v) is 15.9. The van der Waals surface area contributed by atoms with Gasteiger partial charge in [-0.3, -0.25) is 14.4 Å². The Morgan fingerprint density at radius 1 is 1.27 bits per heavy atom. The van der Waals surface area contributed by atoms with E-state index in [2.05, 4.69) is 5.32 Å². The number of nitrogens with one attached hydrogen (secondary N) is 1. The summed E-state index contributed by atoms with van der Waals surface area (Å²) in [5.41, 5.74) is 1.84. The average molecular weight is 360 g/mol. The molecule has 2 rings (SSSR count). The topological polar surface area (TPSA) is 86.7 Å². The van der Waals surface area contributed by atoms with Gasteiger partial charge >= 0.3 is 0 Å². The Kier molecular flexibility index (Phi) is 6.53. The highest BCUT2D eigenvalue weighted by Crippen LogP contribution is 2.25. The maximum absolute atomic E-state index is 12.7. The second kappa shape index (κ2) is 8.45. The number of carbonyl (C=O) groups is 3. The van der Waals surface area contributed by atoms with Crippen molar-refractivity contribution < 1.29 is 19.5 Å². The maximum atomic E-state index is 12.7. The molecular formula is C20H28N2O4. The van der Waals surface area contributed by atoms with Gasteiger partial charge in [-0.2, -0.15) is 0 Å². The van der Waals surface area contributed by atoms with Gasteiger partial charge in [-0.15, -0.1) is 0 Å². The van der Waals surface area contributed by atoms with Gasteiger partial charge < -0.3 is 15.3 Å². The number of amides is 2. The molecule has 1 aromatic carbocycles. The molecule has 1 aliphatic heterocycles. The fourth-order valence-electron chi connectivity index (χ4n) is 3.11. The van der Waals surface area contributed by atoms with Crippen LogP contribution >= 0.6 is 0 Å². The third-order valence-corrected chi connectivity index (χ3v) is 4.91. The van der Waals surface area contributed by atoms with Gasteiger partial charge in [-0.05, 0) is 23.5 Å². The highest BCUT2D eigenvalue weighted by molar-refractivity contribution is 5.92. The molecule has 142 valence electrons. The van der Waals surface area contributed by atoms with Crippen molar-refractivity contribution in [1.29, 1.82) is 0 Å². The highest BCUT2D eigenvalue weighted by Gasteiger charge is 2.32. The predicted molar refractivity (Wildman–Crippen MR) is 98.3 cm³/mol. The molecule has 3 atom stereocenters. The van der Waals surface area contributed by atoms with E-state index in [1.807, 2.05) is 24.3 Å². The van der Waals surface area contributed by atoms with Crippen molar-refractivity contribution in [2.75, 3.05) is 13.6 Å². The number of likely N-dealkylation sites (N-methyl/N-ethyl adjacent to an activating group) is 1. The third-order valence-electron chi connectivity index (χ3n) is 4.91. The molecule has 0 bridgehead atoms. The van der Waals surface area contributed by atoms with Gasteiger partial charge in [0, 0.05) is 25.9 Å². The molecule has 6 nitrogen and oxygen atoms in total. The van der Waals surface area contributed by atoms with Crippen LogP contribution in [0.5, 0.6) is 0 Å². The second-order valence-corrected chi connectivity index (χ2v) is 7.41. The minimum absolute atomic E-state index is 0.0520. The van der Waals surface area contributed by atoms with Gasteiger partial charge in [0.05, 0.1) is 0 Å². The summed E-state index contributed by atoms with van der Waals surface area (Å²) in [6.07, 6.45) is -0.389. The molecule has 0 unspecified atom stereocenters. The molecule has 0 spiro atoms. The molecule has 0 saturated carbocycles. The van der Waals surface area contributed by atoms with Crippen LogP contribution < -0.4 is 5.32 Å². The number of hydrogen-bond donors (Lipinski definition) is 2. The van der Waals surface area contributed by atoms with Crippen molar-refractivity contribution in [1.82, 2.24) is 10.2 Å². The van der Waals surface area contributed by atoms with Crippen LogP contribution in [0, 0.1) is 11.8 Å². The van der Waals surface area contributed by atoms with Crippen LogP contribution in [0.4, 0.5) is 0 Å². The molecule has 2 amide bonds. The number of rotatable bonds is 6. The largest absolute Gasteiger partial charge is 0.385 e. The zero-order chi connectivity index (χ0) is 19.4. The second-order valence-electron chi connectivity index (χ2n) is 7.41. The van der Waals surface area contributed by atoms with Gasteiger partial charge in [0.25, 0.3) is 0 Å². The van der Waals surface area contributed by atoms with E-state index < -0.39 is 18.1 Å². The van der Waals surface area contributed by atoms with Crippen LogP contribution in [-0.2, 0) is 20.8 Å². The number of nitrogens with zero attached hydrogens (tertiary/aromatic N) is 1. The first-order valence-corrected chi connectivity index (χ1v) is 9.06. The molecule has 0 fully saturated rings. The van der Waals surface area contributed by atoms with Gasteiger partial charge in [0.1, 0.15) is 12.1 Å². The van der Waals surface area contributed by atoms with Crippen LogP contribution in [0.3, 0.4) is 0 Å². The quantitative estimate of drug-likeness (QED) is 0.804. The van der Waals surface area contributed by atoms with Crippen LogP contribution in [0.15, 0.2) is 24.3 Å². The first kappa shape index (κ1) is 20.1. The van der Waals surface area contributed by atoms with Gasteiger partial charge in [-0.25, -0.2) is 0 Å². The lowest BCUT2D eigenvalue weighted by molar-refractivity contribution is -0.137. The van der Waals surface area contributed by atoms with Crippen molar-refractivity contribution in [3.05, 3.63) is 35.4 Å². The van der Waals surface area contributed by atoms with Crippen LogP contribution in [0.1, 0.15) is 44.4 Å². The van der Waals surface area contributed by atoms with Crippen molar-refractivity contribution in [2.45, 2.75) is 45.8 Å². The van der Waals surface area contributed by atoms with Gasteiger partial charge in [0.2, 0.25) is 11.8 Å². The molecule has 26 heavy (non-hydrogen) atoms. The lowest BCUT2D eigenvalue weighted by Gasteiger charge is -2.24. The van der Waals surface area contributed by atoms with Crippen molar-refractivity contribution in [2.24, 2.45) is 11.8 Å². The predicted octanol–water partition coefficient (Wildman–Crippen LogP) is 1.47. The SMILES string of the molecule is CC(C)[C@H](O)C(=O)C[C@@H](C)C(=O)N[C@@H]1C(=O)N(C)CCc2ccccc21. The van der Waals surface area contributed by atoms with E-state index in [0.29, 0.717) is 6.54 Å². The molecule has 6 heteroatoms. The fraction of sp³-hybridized carbons (Fsp3) is 0.550. The van der Waals surface area contributed by atoms with Gasteiger partial charge in [0.15, 0.2) is 5.78 Å². The molecule has 0 aromatic heterocycles. The summed E-state index contributed by atoms with van der Waals surface area (Å²) in [4.78, 5) is 39.0. The third kappa shape index (κ3) is 4.49. The molecule has 1 aromatic rings. The lowest BCUT2D eigenvalue weighted by atomic mass is 9.94. The number of Topliss-reactive ketones (excluding diaryl/α,β-unsaturated/α-hetero) is 1. The zero-order valence-electron chi connectivity index (χ0n) is 15.9. The summed E-state index contributed by atoms with van der Waals surface area (Å²) >= 11 is 0. The van der Waals surface area contributed by atoms with E-state index >= 15 is 0 Å². The number of benzene rings is 1. The minimum atomic E-state index is -1.07. The first-order chi connectivity index (χ1) is 12.2. The number of carbonyl (C=O) groups excluding carboxylic acids is 3. The summed E-state index contributed by atoms with van der Waals surface area (Å²) in [7, 11) is 1.72. The lowest BCUT2D eigenvalue weighted by Crippen LogP contribution is -2.43. The number of ketones is 1. The standard InChI is InChI=1S/C20H28N2O4/c1-12(2)18(24)16(23)11-13(3)19(25)21-17-15-8-6-5-7-14(15)9-10-22(4)20(17)26/h5-8,12-13,17-18,24H,9-11H2,1-4H3,(H,21,25)/t13-,17+,18+/m1/s1. The summed E-state index contributed by atoms with van der Waals surface area (Å²) in [6, 6.07) is 6.84. The molecule has 2 N–H and O–H groups in total. The van der Waals surface area contributed by atoms with Crippen molar-refractivity contribution in [3.8, 4) is 0 Å². The summed E-state index contributed by atoms with van der Waals surface area (Å²) < 4.78 is 0. The average Bonchev–Trinajstić information content (AvgIpc) is 2.73. The normalized spacial score (nSPS) is 19.5. The van der Waals surface area contributed by atoms with E-state index in [9.17, 15) is 19.5 Å². The van der Waals surface area contributed by atoms with Crippen molar-refractivity contribution >= 4 is 17.6 Å². The molecule has 1 aliphatic rings. The number of fused-ring (bicyclic) bond motifs is 1. The molecular weight excluding hydrogens is 332 g/mol. The Morgan fingerprint density at radius 3 is 2.58 bits per heavy atom. The van der Waals surface area contributed by atoms with Crippen molar-refractivity contribution in [3.63, 3.8) is 0 Å². The fourth-order valence-corrected chi connectivity index (χ4v) is 3.11. The summed E-state index contributed by atoms with van der Waals surface area (Å²) in [5, 5.41) is 12.7. The van der Waals surface area contributed by atoms with Crippen LogP contribution in [0.25, 0.3) is 0 Å². The Hall–Kier alpha value is -2.21. The Morgan fingerprint density at radius 2 is 1.92 bits per heavy atom.